The number of hydrogen-bond acceptors (Lipinski definition) is 3. The van der Waals surface area contributed by atoms with Gasteiger partial charge in [-0.05, 0) is 12.8 Å². The molecule has 0 aromatic heterocycles. The average Bonchev–Trinajstić information content (AvgIpc) is 2.70. The van der Waals surface area contributed by atoms with Crippen LogP contribution in [0, 0.1) is 5.92 Å². The molecule has 1 aliphatic rings. The molecule has 0 saturated heterocycles. The first kappa shape index (κ1) is 11.0. The Kier molecular flexibility index (Phi) is 4.39. The Bertz CT molecular complexity index is 212. The highest BCUT2D eigenvalue weighted by molar-refractivity contribution is 5.80. The van der Waals surface area contributed by atoms with Crippen LogP contribution in [0.1, 0.15) is 32.1 Å². The molecular weight excluding hydrogens is 182 g/mol. The second kappa shape index (κ2) is 5.59. The molecule has 0 aliphatic heterocycles. The summed E-state index contributed by atoms with van der Waals surface area (Å²) in [5.74, 6) is 4.88. The van der Waals surface area contributed by atoms with E-state index >= 15 is 0 Å². The molecule has 0 heterocycles. The number of carbonyl (C=O) groups excluding carboxylic acids is 2. The molecule has 1 fully saturated rings. The molecule has 0 bridgehead atoms. The van der Waals surface area contributed by atoms with Gasteiger partial charge in [-0.2, -0.15) is 0 Å². The highest BCUT2D eigenvalue weighted by atomic mass is 16.2. The van der Waals surface area contributed by atoms with E-state index in [2.05, 4.69) is 5.32 Å². The van der Waals surface area contributed by atoms with Crippen LogP contribution < -0.4 is 16.6 Å². The monoisotopic (exact) mass is 199 g/mol. The lowest BCUT2D eigenvalue weighted by Crippen LogP contribution is -2.35. The molecule has 4 N–H and O–H groups in total. The SMILES string of the molecule is NNC(=O)CCNC(=O)C1CCCC1. The molecule has 0 aromatic carbocycles. The number of hydrazine groups is 1. The molecule has 0 radical (unpaired) electrons. The lowest BCUT2D eigenvalue weighted by Gasteiger charge is -2.09. The first-order valence-electron chi connectivity index (χ1n) is 5.01. The minimum atomic E-state index is -0.253. The molecule has 14 heavy (non-hydrogen) atoms. The number of amides is 2. The molecule has 2 amide bonds. The largest absolute Gasteiger partial charge is 0.355 e. The summed E-state index contributed by atoms with van der Waals surface area (Å²) < 4.78 is 0. The maximum absolute atomic E-state index is 11.4. The van der Waals surface area contributed by atoms with Gasteiger partial charge in [0, 0.05) is 18.9 Å². The number of nitrogens with two attached hydrogens (primary N) is 1. The molecular formula is C9H17N3O2. The molecule has 0 unspecified atom stereocenters. The predicted octanol–water partition coefficient (Wildman–Crippen LogP) is -0.327. The van der Waals surface area contributed by atoms with Gasteiger partial charge < -0.3 is 5.32 Å². The zero-order valence-corrected chi connectivity index (χ0v) is 8.21. The minimum Gasteiger partial charge on any atom is -0.355 e. The van der Waals surface area contributed by atoms with Gasteiger partial charge in [-0.15, -0.1) is 0 Å². The van der Waals surface area contributed by atoms with Crippen molar-refractivity contribution in [2.45, 2.75) is 32.1 Å². The summed E-state index contributed by atoms with van der Waals surface area (Å²) in [4.78, 5) is 22.2. The van der Waals surface area contributed by atoms with E-state index in [4.69, 9.17) is 5.84 Å². The van der Waals surface area contributed by atoms with Gasteiger partial charge >= 0.3 is 0 Å². The van der Waals surface area contributed by atoms with E-state index in [1.165, 1.54) is 0 Å². The second-order valence-corrected chi connectivity index (χ2v) is 3.59. The van der Waals surface area contributed by atoms with Crippen LogP contribution in [0.5, 0.6) is 0 Å². The van der Waals surface area contributed by atoms with Gasteiger partial charge in [0.1, 0.15) is 0 Å². The molecule has 5 heteroatoms. The standard InChI is InChI=1S/C9H17N3O2/c10-12-8(13)5-6-11-9(14)7-3-1-2-4-7/h7H,1-6,10H2,(H,11,14)(H,12,13). The van der Waals surface area contributed by atoms with Gasteiger partial charge in [-0.1, -0.05) is 12.8 Å². The van der Waals surface area contributed by atoms with Crippen LogP contribution in [0.4, 0.5) is 0 Å². The third kappa shape index (κ3) is 3.33. The fraction of sp³-hybridized carbons (Fsp3) is 0.778. The molecule has 1 saturated carbocycles. The van der Waals surface area contributed by atoms with Crippen molar-refractivity contribution in [1.29, 1.82) is 0 Å². The first-order chi connectivity index (χ1) is 6.74. The van der Waals surface area contributed by atoms with Crippen LogP contribution >= 0.6 is 0 Å². The number of hydrogen-bond donors (Lipinski definition) is 3. The van der Waals surface area contributed by atoms with Crippen molar-refractivity contribution in [3.63, 3.8) is 0 Å². The molecule has 5 nitrogen and oxygen atoms in total. The van der Waals surface area contributed by atoms with Crippen molar-refractivity contribution < 1.29 is 9.59 Å². The highest BCUT2D eigenvalue weighted by Crippen LogP contribution is 2.24. The lowest BCUT2D eigenvalue weighted by molar-refractivity contribution is -0.125. The van der Waals surface area contributed by atoms with Crippen molar-refractivity contribution >= 4 is 11.8 Å². The summed E-state index contributed by atoms with van der Waals surface area (Å²) in [7, 11) is 0. The number of rotatable bonds is 4. The van der Waals surface area contributed by atoms with Crippen LogP contribution in [0.15, 0.2) is 0 Å². The van der Waals surface area contributed by atoms with E-state index in [0.717, 1.165) is 25.7 Å². The quantitative estimate of drug-likeness (QED) is 0.329. The summed E-state index contributed by atoms with van der Waals surface area (Å²) in [5, 5.41) is 2.73. The topological polar surface area (TPSA) is 84.2 Å². The molecule has 0 aromatic rings. The summed E-state index contributed by atoms with van der Waals surface area (Å²) in [6.45, 7) is 0.373. The van der Waals surface area contributed by atoms with Crippen molar-refractivity contribution in [3.8, 4) is 0 Å². The Morgan fingerprint density at radius 1 is 1.29 bits per heavy atom. The van der Waals surface area contributed by atoms with Gasteiger partial charge in [0.15, 0.2) is 0 Å². The van der Waals surface area contributed by atoms with E-state index in [-0.39, 0.29) is 24.2 Å². The van der Waals surface area contributed by atoms with Crippen LogP contribution in [0.3, 0.4) is 0 Å². The summed E-state index contributed by atoms with van der Waals surface area (Å²) in [6.07, 6.45) is 4.49. The maximum atomic E-state index is 11.4. The third-order valence-electron chi connectivity index (χ3n) is 2.54. The predicted molar refractivity (Wildman–Crippen MR) is 51.9 cm³/mol. The van der Waals surface area contributed by atoms with Crippen LogP contribution in [0.2, 0.25) is 0 Å². The normalized spacial score (nSPS) is 16.6. The third-order valence-corrected chi connectivity index (χ3v) is 2.54. The molecule has 0 spiro atoms. The van der Waals surface area contributed by atoms with Crippen molar-refractivity contribution in [2.24, 2.45) is 11.8 Å². The van der Waals surface area contributed by atoms with Crippen molar-refractivity contribution in [2.75, 3.05) is 6.54 Å². The van der Waals surface area contributed by atoms with Gasteiger partial charge in [-0.25, -0.2) is 5.84 Å². The van der Waals surface area contributed by atoms with E-state index in [0.29, 0.717) is 6.54 Å². The summed E-state index contributed by atoms with van der Waals surface area (Å²) in [6, 6.07) is 0. The Hall–Kier alpha value is -1.10. The fourth-order valence-corrected chi connectivity index (χ4v) is 1.70. The van der Waals surface area contributed by atoms with Gasteiger partial charge in [0.2, 0.25) is 11.8 Å². The van der Waals surface area contributed by atoms with Crippen molar-refractivity contribution in [1.82, 2.24) is 10.7 Å². The Balaban J connectivity index is 2.11. The van der Waals surface area contributed by atoms with Crippen LogP contribution in [-0.4, -0.2) is 18.4 Å². The number of nitrogens with one attached hydrogen (secondary N) is 2. The van der Waals surface area contributed by atoms with E-state index in [9.17, 15) is 9.59 Å². The van der Waals surface area contributed by atoms with Gasteiger partial charge in [0.25, 0.3) is 0 Å². The average molecular weight is 199 g/mol. The highest BCUT2D eigenvalue weighted by Gasteiger charge is 2.21. The Morgan fingerprint density at radius 2 is 1.93 bits per heavy atom. The van der Waals surface area contributed by atoms with E-state index < -0.39 is 0 Å². The second-order valence-electron chi connectivity index (χ2n) is 3.59. The van der Waals surface area contributed by atoms with Crippen molar-refractivity contribution in [3.05, 3.63) is 0 Å². The van der Waals surface area contributed by atoms with Gasteiger partial charge in [0.05, 0.1) is 0 Å². The molecule has 80 valence electrons. The smallest absolute Gasteiger partial charge is 0.235 e. The van der Waals surface area contributed by atoms with Gasteiger partial charge in [-0.3, -0.25) is 15.0 Å². The van der Waals surface area contributed by atoms with Crippen LogP contribution in [0.25, 0.3) is 0 Å². The fourth-order valence-electron chi connectivity index (χ4n) is 1.70. The maximum Gasteiger partial charge on any atom is 0.235 e. The number of carbonyl (C=O) groups is 2. The Labute approximate surface area is 83.4 Å². The van der Waals surface area contributed by atoms with E-state index in [1.807, 2.05) is 5.43 Å². The lowest BCUT2D eigenvalue weighted by atomic mass is 10.1. The zero-order chi connectivity index (χ0) is 10.4. The molecule has 1 rings (SSSR count). The summed E-state index contributed by atoms with van der Waals surface area (Å²) >= 11 is 0. The summed E-state index contributed by atoms with van der Waals surface area (Å²) in [5.41, 5.74) is 2.02. The van der Waals surface area contributed by atoms with E-state index in [1.54, 1.807) is 0 Å². The first-order valence-corrected chi connectivity index (χ1v) is 5.01. The van der Waals surface area contributed by atoms with Crippen LogP contribution in [-0.2, 0) is 9.59 Å². The molecule has 0 atom stereocenters. The zero-order valence-electron chi connectivity index (χ0n) is 8.21. The molecule has 1 aliphatic carbocycles. The Morgan fingerprint density at radius 3 is 2.50 bits per heavy atom. The minimum absolute atomic E-state index is 0.0762.